The first-order chi connectivity index (χ1) is 10.3. The lowest BCUT2D eigenvalue weighted by atomic mass is 9.93. The van der Waals surface area contributed by atoms with Crippen molar-refractivity contribution in [1.82, 2.24) is 0 Å². The molecule has 0 heterocycles. The second-order valence-electron chi connectivity index (χ2n) is 5.17. The predicted octanol–water partition coefficient (Wildman–Crippen LogP) is 6.31. The molecule has 0 radical (unpaired) electrons. The van der Waals surface area contributed by atoms with Crippen LogP contribution in [-0.2, 0) is 0 Å². The molecule has 4 aromatic carbocycles. The Morgan fingerprint density at radius 1 is 0.524 bits per heavy atom. The van der Waals surface area contributed by atoms with Crippen molar-refractivity contribution >= 4 is 33.1 Å². The highest BCUT2D eigenvalue weighted by Crippen LogP contribution is 2.37. The molecule has 0 aliphatic heterocycles. The van der Waals surface area contributed by atoms with Crippen molar-refractivity contribution in [2.24, 2.45) is 0 Å². The van der Waals surface area contributed by atoms with E-state index in [1.807, 2.05) is 18.2 Å². The highest BCUT2D eigenvalue weighted by molar-refractivity contribution is 6.34. The summed E-state index contributed by atoms with van der Waals surface area (Å²) in [7, 11) is 0. The fraction of sp³-hybridized carbons (Fsp3) is 0. The molecule has 0 aromatic heterocycles. The molecule has 0 bridgehead atoms. The van der Waals surface area contributed by atoms with Gasteiger partial charge in [0, 0.05) is 10.6 Å². The van der Waals surface area contributed by atoms with E-state index < -0.39 is 0 Å². The van der Waals surface area contributed by atoms with Crippen LogP contribution in [0.5, 0.6) is 0 Å². The molecule has 0 atom stereocenters. The minimum Gasteiger partial charge on any atom is -0.0837 e. The van der Waals surface area contributed by atoms with E-state index >= 15 is 0 Å². The number of hydrogen-bond acceptors (Lipinski definition) is 0. The van der Waals surface area contributed by atoms with E-state index in [2.05, 4.69) is 60.7 Å². The van der Waals surface area contributed by atoms with Gasteiger partial charge in [-0.1, -0.05) is 78.3 Å². The van der Waals surface area contributed by atoms with E-state index in [-0.39, 0.29) is 0 Å². The summed E-state index contributed by atoms with van der Waals surface area (Å²) in [5.74, 6) is 0. The van der Waals surface area contributed by atoms with E-state index in [0.717, 1.165) is 10.6 Å². The third-order valence-electron chi connectivity index (χ3n) is 3.93. The van der Waals surface area contributed by atoms with Crippen molar-refractivity contribution in [2.45, 2.75) is 0 Å². The average molecular weight is 289 g/mol. The summed E-state index contributed by atoms with van der Waals surface area (Å²) < 4.78 is 0. The van der Waals surface area contributed by atoms with Gasteiger partial charge in [-0.05, 0) is 39.2 Å². The third kappa shape index (κ3) is 2.00. The lowest BCUT2D eigenvalue weighted by molar-refractivity contribution is 1.66. The van der Waals surface area contributed by atoms with Crippen LogP contribution in [0.2, 0.25) is 5.02 Å². The molecule has 0 spiro atoms. The molecular formula is C20H13Cl. The number of halogens is 1. The lowest BCUT2D eigenvalue weighted by Crippen LogP contribution is -1.85. The van der Waals surface area contributed by atoms with Gasteiger partial charge in [0.15, 0.2) is 0 Å². The fourth-order valence-corrected chi connectivity index (χ4v) is 3.19. The van der Waals surface area contributed by atoms with Crippen LogP contribution in [-0.4, -0.2) is 0 Å². The Kier molecular flexibility index (Phi) is 2.90. The molecule has 0 amide bonds. The van der Waals surface area contributed by atoms with Crippen molar-refractivity contribution in [1.29, 1.82) is 0 Å². The number of benzene rings is 4. The Bertz CT molecular complexity index is 954. The Labute approximate surface area is 128 Å². The summed E-state index contributed by atoms with van der Waals surface area (Å²) in [6.07, 6.45) is 0. The largest absolute Gasteiger partial charge is 0.0837 e. The van der Waals surface area contributed by atoms with Gasteiger partial charge >= 0.3 is 0 Å². The maximum Gasteiger partial charge on any atom is 0.0484 e. The normalized spacial score (nSPS) is 11.1. The standard InChI is InChI=1S/C20H13Cl/c21-20-12-6-5-11-18(20)19-13-14-7-1-2-8-15(14)16-9-3-4-10-17(16)19/h1-13H. The molecule has 0 aliphatic carbocycles. The van der Waals surface area contributed by atoms with Gasteiger partial charge < -0.3 is 0 Å². The van der Waals surface area contributed by atoms with Gasteiger partial charge in [0.1, 0.15) is 0 Å². The maximum absolute atomic E-state index is 6.41. The summed E-state index contributed by atoms with van der Waals surface area (Å²) in [6, 6.07) is 27.3. The van der Waals surface area contributed by atoms with Gasteiger partial charge in [-0.2, -0.15) is 0 Å². The molecule has 100 valence electrons. The predicted molar refractivity (Wildman–Crippen MR) is 91.9 cm³/mol. The van der Waals surface area contributed by atoms with Crippen molar-refractivity contribution in [3.8, 4) is 11.1 Å². The van der Waals surface area contributed by atoms with Crippen LogP contribution >= 0.6 is 11.6 Å². The van der Waals surface area contributed by atoms with Gasteiger partial charge in [-0.15, -0.1) is 0 Å². The third-order valence-corrected chi connectivity index (χ3v) is 4.26. The van der Waals surface area contributed by atoms with Crippen LogP contribution in [0.15, 0.2) is 78.9 Å². The highest BCUT2D eigenvalue weighted by atomic mass is 35.5. The summed E-state index contributed by atoms with van der Waals surface area (Å²) in [4.78, 5) is 0. The summed E-state index contributed by atoms with van der Waals surface area (Å²) in [5, 5.41) is 5.82. The number of rotatable bonds is 1. The molecule has 0 unspecified atom stereocenters. The van der Waals surface area contributed by atoms with Crippen molar-refractivity contribution < 1.29 is 0 Å². The zero-order valence-electron chi connectivity index (χ0n) is 11.4. The van der Waals surface area contributed by atoms with Crippen molar-refractivity contribution in [2.75, 3.05) is 0 Å². The van der Waals surface area contributed by atoms with Crippen molar-refractivity contribution in [3.63, 3.8) is 0 Å². The van der Waals surface area contributed by atoms with Gasteiger partial charge in [-0.3, -0.25) is 0 Å². The van der Waals surface area contributed by atoms with Crippen LogP contribution in [0.1, 0.15) is 0 Å². The first kappa shape index (κ1) is 12.4. The molecule has 4 rings (SSSR count). The van der Waals surface area contributed by atoms with E-state index in [0.29, 0.717) is 0 Å². The van der Waals surface area contributed by atoms with Crippen LogP contribution in [0.3, 0.4) is 0 Å². The average Bonchev–Trinajstić information content (AvgIpc) is 2.55. The molecular weight excluding hydrogens is 276 g/mol. The smallest absolute Gasteiger partial charge is 0.0484 e. The van der Waals surface area contributed by atoms with Crippen molar-refractivity contribution in [3.05, 3.63) is 83.9 Å². The molecule has 0 nitrogen and oxygen atoms in total. The second kappa shape index (κ2) is 4.91. The Morgan fingerprint density at radius 2 is 1.14 bits per heavy atom. The molecule has 4 aromatic rings. The van der Waals surface area contributed by atoms with Crippen LogP contribution in [0.4, 0.5) is 0 Å². The van der Waals surface area contributed by atoms with Gasteiger partial charge in [0.25, 0.3) is 0 Å². The zero-order chi connectivity index (χ0) is 14.2. The SMILES string of the molecule is Clc1ccccc1-c1cc2ccccc2c2ccccc12. The minimum atomic E-state index is 0.790. The Hall–Kier alpha value is -2.31. The number of hydrogen-bond donors (Lipinski definition) is 0. The quantitative estimate of drug-likeness (QED) is 0.360. The topological polar surface area (TPSA) is 0 Å². The Morgan fingerprint density at radius 3 is 1.95 bits per heavy atom. The zero-order valence-corrected chi connectivity index (χ0v) is 12.1. The number of fused-ring (bicyclic) bond motifs is 3. The fourth-order valence-electron chi connectivity index (χ4n) is 2.96. The van der Waals surface area contributed by atoms with Crippen LogP contribution in [0, 0.1) is 0 Å². The maximum atomic E-state index is 6.41. The molecule has 0 fully saturated rings. The molecule has 21 heavy (non-hydrogen) atoms. The molecule has 0 saturated carbocycles. The molecule has 0 saturated heterocycles. The first-order valence-electron chi connectivity index (χ1n) is 7.00. The summed E-state index contributed by atoms with van der Waals surface area (Å²) >= 11 is 6.41. The van der Waals surface area contributed by atoms with Crippen LogP contribution in [0.25, 0.3) is 32.7 Å². The highest BCUT2D eigenvalue weighted by Gasteiger charge is 2.09. The van der Waals surface area contributed by atoms with E-state index in [9.17, 15) is 0 Å². The molecule has 0 N–H and O–H groups in total. The van der Waals surface area contributed by atoms with Gasteiger partial charge in [-0.25, -0.2) is 0 Å². The van der Waals surface area contributed by atoms with E-state index in [4.69, 9.17) is 11.6 Å². The van der Waals surface area contributed by atoms with E-state index in [1.54, 1.807) is 0 Å². The molecule has 1 heteroatoms. The molecule has 0 aliphatic rings. The van der Waals surface area contributed by atoms with E-state index in [1.165, 1.54) is 27.1 Å². The summed E-state index contributed by atoms with van der Waals surface area (Å²) in [5.41, 5.74) is 2.27. The monoisotopic (exact) mass is 288 g/mol. The first-order valence-corrected chi connectivity index (χ1v) is 7.38. The summed E-state index contributed by atoms with van der Waals surface area (Å²) in [6.45, 7) is 0. The Balaban J connectivity index is 2.20. The van der Waals surface area contributed by atoms with Crippen LogP contribution < -0.4 is 0 Å². The lowest BCUT2D eigenvalue weighted by Gasteiger charge is -2.12. The van der Waals surface area contributed by atoms with Gasteiger partial charge in [0.05, 0.1) is 0 Å². The second-order valence-corrected chi connectivity index (χ2v) is 5.58. The minimum absolute atomic E-state index is 0.790. The van der Waals surface area contributed by atoms with Gasteiger partial charge in [0.2, 0.25) is 0 Å².